The van der Waals surface area contributed by atoms with Crippen LogP contribution in [0.5, 0.6) is 0 Å². The van der Waals surface area contributed by atoms with Gasteiger partial charge in [0.05, 0.1) is 60.7 Å². The molecule has 0 spiro atoms. The van der Waals surface area contributed by atoms with E-state index in [4.69, 9.17) is 0 Å². The van der Waals surface area contributed by atoms with E-state index >= 15 is 0 Å². The summed E-state index contributed by atoms with van der Waals surface area (Å²) in [6, 6.07) is 177. The van der Waals surface area contributed by atoms with Crippen molar-refractivity contribution in [3.8, 4) is 78.4 Å². The number of hydrogen-bond acceptors (Lipinski definition) is 1. The molecular formula is C125H82N6. The molecule has 0 atom stereocenters. The minimum atomic E-state index is 0.921. The Morgan fingerprint density at radius 2 is 0.443 bits per heavy atom. The predicted octanol–water partition coefficient (Wildman–Crippen LogP) is 33.5. The van der Waals surface area contributed by atoms with Gasteiger partial charge >= 0.3 is 0 Å². The Balaban J connectivity index is 0.000000104. The number of rotatable bonds is 10. The van der Waals surface area contributed by atoms with Gasteiger partial charge < -0.3 is 27.6 Å². The zero-order valence-corrected chi connectivity index (χ0v) is 71.6. The number of anilines is 3. The average Bonchev–Trinajstić information content (AvgIpc) is 1.53. The molecule has 1 aliphatic heterocycles. The van der Waals surface area contributed by atoms with Crippen LogP contribution in [0, 0.1) is 0 Å². The van der Waals surface area contributed by atoms with Crippen LogP contribution in [0.25, 0.3) is 214 Å². The molecule has 0 radical (unpaired) electrons. The van der Waals surface area contributed by atoms with Crippen molar-refractivity contribution in [1.29, 1.82) is 0 Å². The molecule has 0 fully saturated rings. The molecular weight excluding hydrogens is 1590 g/mol. The summed E-state index contributed by atoms with van der Waals surface area (Å²) in [6.45, 7) is 0. The van der Waals surface area contributed by atoms with E-state index in [9.17, 15) is 0 Å². The van der Waals surface area contributed by atoms with Crippen LogP contribution in [0.2, 0.25) is 0 Å². The van der Waals surface area contributed by atoms with Crippen LogP contribution in [-0.4, -0.2) is 22.7 Å². The van der Waals surface area contributed by atoms with Gasteiger partial charge in [0.1, 0.15) is 0 Å². The summed E-state index contributed by atoms with van der Waals surface area (Å²) in [5.74, 6) is 0. The zero-order chi connectivity index (χ0) is 86.1. The first-order chi connectivity index (χ1) is 65.0. The molecule has 0 aliphatic carbocycles. The van der Waals surface area contributed by atoms with E-state index < -0.39 is 0 Å². The maximum atomic E-state index is 2.44. The molecule has 0 bridgehead atoms. The molecule has 21 aromatic carbocycles. The van der Waals surface area contributed by atoms with Crippen LogP contribution in [-0.2, 0) is 6.42 Å². The van der Waals surface area contributed by atoms with E-state index in [0.29, 0.717) is 0 Å². The normalized spacial score (nSPS) is 12.1. The van der Waals surface area contributed by atoms with Crippen LogP contribution in [0.3, 0.4) is 0 Å². The van der Waals surface area contributed by atoms with E-state index in [2.05, 4.69) is 513 Å². The van der Waals surface area contributed by atoms with Gasteiger partial charge in [0.2, 0.25) is 0 Å². The maximum Gasteiger partial charge on any atom is 0.0620 e. The first-order valence-corrected chi connectivity index (χ1v) is 45.2. The number of aromatic nitrogens is 5. The highest BCUT2D eigenvalue weighted by Gasteiger charge is 2.27. The molecule has 0 unspecified atom stereocenters. The quantitative estimate of drug-likeness (QED) is 0.134. The topological polar surface area (TPSA) is 27.4 Å². The molecule has 0 saturated carbocycles. The second-order valence-electron chi connectivity index (χ2n) is 34.6. The van der Waals surface area contributed by atoms with Crippen LogP contribution in [0.15, 0.2) is 485 Å². The molecule has 6 nitrogen and oxygen atoms in total. The lowest BCUT2D eigenvalue weighted by atomic mass is 9.91. The van der Waals surface area contributed by atoms with Crippen molar-refractivity contribution in [2.45, 2.75) is 6.42 Å². The number of hydrogen-bond donors (Lipinski definition) is 0. The third-order valence-corrected chi connectivity index (χ3v) is 27.3. The fourth-order valence-corrected chi connectivity index (χ4v) is 21.3. The van der Waals surface area contributed by atoms with Gasteiger partial charge in [-0.3, -0.25) is 0 Å². The van der Waals surface area contributed by atoms with Crippen molar-refractivity contribution < 1.29 is 0 Å². The molecule has 0 amide bonds. The van der Waals surface area contributed by atoms with Crippen molar-refractivity contribution in [3.05, 3.63) is 496 Å². The summed E-state index contributed by atoms with van der Waals surface area (Å²) in [6.07, 6.45) is 0.921. The third kappa shape index (κ3) is 12.4. The minimum Gasteiger partial charge on any atom is -0.310 e. The average molecular weight is 1670 g/mol. The summed E-state index contributed by atoms with van der Waals surface area (Å²) in [5.41, 5.74) is 37.0. The summed E-state index contributed by atoms with van der Waals surface area (Å²) in [7, 11) is 0. The Morgan fingerprint density at radius 1 is 0.145 bits per heavy atom. The smallest absolute Gasteiger partial charge is 0.0620 e. The fraction of sp³-hybridized carbons (Fsp3) is 0.00800. The van der Waals surface area contributed by atoms with Gasteiger partial charge in [-0.2, -0.15) is 0 Å². The minimum absolute atomic E-state index is 0.921. The third-order valence-electron chi connectivity index (χ3n) is 27.3. The number of nitrogens with zero attached hydrogens (tertiary/aromatic N) is 6. The van der Waals surface area contributed by atoms with Crippen LogP contribution in [0.1, 0.15) is 11.1 Å². The monoisotopic (exact) mass is 1670 g/mol. The molecule has 131 heavy (non-hydrogen) atoms. The molecule has 0 N–H and O–H groups in total. The van der Waals surface area contributed by atoms with Gasteiger partial charge in [0, 0.05) is 116 Å². The molecule has 612 valence electrons. The standard InChI is InChI=1S/C48H32N2.C41H28N2.C36H22N2/c1-3-11-33(12-4-1)35-19-25-39(26-20-35)49-45-17-9-7-15-41(45)43-31-37(23-29-47(43)49)38-24-30-48-44(32-38)42-16-8-10-18-46(42)50(48)40-27-21-36(22-28-40)34-13-5-2-6-14-34;1-3-13-33(14-4-1)42-38-18-10-8-12-31(38)26-32-25-29(20-23-39(32)42)30-21-24-40-37(27-30)36-22-19-28-11-7-9-17-35(28)41(36)43(40)34-15-5-2-6-16-34;1-2-9-25(10-3-1)37-32-15-6-5-12-27(32)30-21-23(17-19-34(30)37)24-18-20-35-31(22-24)29-14-8-13-28-26-11-4-7-16-33(26)38(35)36(28)29/h1-32H;1-25,27H,26H2;1-22H. The lowest BCUT2D eigenvalue weighted by Crippen LogP contribution is -2.18. The Kier molecular flexibility index (Phi) is 17.6. The van der Waals surface area contributed by atoms with Gasteiger partial charge in [0.15, 0.2) is 0 Å². The SMILES string of the molecule is c1ccc(-c2ccc(-n3c4ccccc4c4cc(-c5ccc6c(c5)c5ccccc5n6-c5ccc(-c6ccccc6)cc5)ccc43)cc2)cc1.c1ccc(-n2c3ccccc3c3cc(-c4ccc5c(c4)c4cccc6c7ccccc7n5c64)ccc32)cc1.c1ccc(N2c3ccccc3Cc3cc(-c4ccc5c(c4)c4ccc6ccccc6c4n5-c4ccccc4)ccc32)cc1. The van der Waals surface area contributed by atoms with E-state index in [1.807, 2.05) is 0 Å². The molecule has 28 rings (SSSR count). The van der Waals surface area contributed by atoms with Gasteiger partial charge in [0.25, 0.3) is 0 Å². The van der Waals surface area contributed by atoms with Gasteiger partial charge in [-0.15, -0.1) is 0 Å². The van der Waals surface area contributed by atoms with Crippen molar-refractivity contribution in [2.75, 3.05) is 4.90 Å². The molecule has 6 aromatic heterocycles. The number of benzene rings is 21. The predicted molar refractivity (Wildman–Crippen MR) is 554 cm³/mol. The van der Waals surface area contributed by atoms with E-state index in [1.165, 1.54) is 231 Å². The Labute approximate surface area is 756 Å². The lowest BCUT2D eigenvalue weighted by molar-refractivity contribution is 1.09. The summed E-state index contributed by atoms with van der Waals surface area (Å²) in [5, 5.41) is 17.9. The summed E-state index contributed by atoms with van der Waals surface area (Å²) >= 11 is 0. The fourth-order valence-electron chi connectivity index (χ4n) is 21.3. The molecule has 1 aliphatic rings. The van der Waals surface area contributed by atoms with E-state index in [-0.39, 0.29) is 0 Å². The second kappa shape index (κ2) is 30.8. The van der Waals surface area contributed by atoms with Crippen LogP contribution < -0.4 is 4.90 Å². The molecule has 7 heterocycles. The van der Waals surface area contributed by atoms with Crippen molar-refractivity contribution in [2.24, 2.45) is 0 Å². The Hall–Kier alpha value is -17.3. The highest BCUT2D eigenvalue weighted by Crippen LogP contribution is 2.49. The molecule has 27 aromatic rings. The second-order valence-corrected chi connectivity index (χ2v) is 34.6. The first-order valence-electron chi connectivity index (χ1n) is 45.2. The Bertz CT molecular complexity index is 8960. The largest absolute Gasteiger partial charge is 0.310 e. The van der Waals surface area contributed by atoms with Crippen LogP contribution >= 0.6 is 0 Å². The number of fused-ring (bicyclic) bond motifs is 22. The van der Waals surface area contributed by atoms with Crippen molar-refractivity contribution in [1.82, 2.24) is 22.7 Å². The van der Waals surface area contributed by atoms with Gasteiger partial charge in [-0.25, -0.2) is 0 Å². The van der Waals surface area contributed by atoms with Crippen LogP contribution in [0.4, 0.5) is 17.1 Å². The van der Waals surface area contributed by atoms with E-state index in [1.54, 1.807) is 0 Å². The van der Waals surface area contributed by atoms with Crippen molar-refractivity contribution in [3.63, 3.8) is 0 Å². The van der Waals surface area contributed by atoms with Gasteiger partial charge in [-0.05, 0) is 236 Å². The summed E-state index contributed by atoms with van der Waals surface area (Å²) in [4.78, 5) is 2.40. The first kappa shape index (κ1) is 75.0. The maximum absolute atomic E-state index is 2.44. The zero-order valence-electron chi connectivity index (χ0n) is 71.6. The van der Waals surface area contributed by atoms with Crippen molar-refractivity contribution >= 4 is 153 Å². The van der Waals surface area contributed by atoms with Gasteiger partial charge in [-0.1, -0.05) is 322 Å². The highest BCUT2D eigenvalue weighted by atomic mass is 15.2. The molecule has 0 saturated heterocycles. The number of para-hydroxylation sites is 9. The Morgan fingerprint density at radius 3 is 0.939 bits per heavy atom. The highest BCUT2D eigenvalue weighted by molar-refractivity contribution is 6.25. The lowest BCUT2D eigenvalue weighted by Gasteiger charge is -2.33. The molecule has 6 heteroatoms. The van der Waals surface area contributed by atoms with E-state index in [0.717, 1.165) is 17.8 Å². The summed E-state index contributed by atoms with van der Waals surface area (Å²) < 4.78 is 12.0.